The van der Waals surface area contributed by atoms with E-state index in [1.165, 1.54) is 11.1 Å². The summed E-state index contributed by atoms with van der Waals surface area (Å²) in [6, 6.07) is 25.4. The minimum absolute atomic E-state index is 0.230. The summed E-state index contributed by atoms with van der Waals surface area (Å²) in [7, 11) is 0. The molecular formula is C33H28N4. The van der Waals surface area contributed by atoms with Gasteiger partial charge in [-0.1, -0.05) is 74.5 Å². The molecule has 0 radical (unpaired) electrons. The van der Waals surface area contributed by atoms with Crippen molar-refractivity contribution in [3.05, 3.63) is 155 Å². The summed E-state index contributed by atoms with van der Waals surface area (Å²) in [4.78, 5) is 16.3. The molecule has 0 spiro atoms. The van der Waals surface area contributed by atoms with Gasteiger partial charge >= 0.3 is 0 Å². The summed E-state index contributed by atoms with van der Waals surface area (Å²) in [6.45, 7) is 4.53. The van der Waals surface area contributed by atoms with Gasteiger partial charge in [-0.15, -0.1) is 0 Å². The van der Waals surface area contributed by atoms with Crippen LogP contribution in [0.15, 0.2) is 131 Å². The highest BCUT2D eigenvalue weighted by Crippen LogP contribution is 2.38. The average molecular weight is 481 g/mol. The van der Waals surface area contributed by atoms with Gasteiger partial charge in [-0.2, -0.15) is 0 Å². The topological polar surface area (TPSA) is 56.3 Å². The van der Waals surface area contributed by atoms with Gasteiger partial charge in [0.25, 0.3) is 0 Å². The van der Waals surface area contributed by atoms with Crippen LogP contribution in [-0.2, 0) is 5.41 Å². The smallest absolute Gasteiger partial charge is 0.0729 e. The number of hydrogen-bond acceptors (Lipinski definition) is 2. The van der Waals surface area contributed by atoms with Crippen LogP contribution in [0.25, 0.3) is 11.1 Å². The maximum absolute atomic E-state index is 4.60. The molecule has 0 unspecified atom stereocenters. The number of benzene rings is 2. The van der Waals surface area contributed by atoms with Crippen LogP contribution in [0.5, 0.6) is 0 Å². The number of rotatable bonds is 6. The van der Waals surface area contributed by atoms with E-state index in [1.807, 2.05) is 36.7 Å². The van der Waals surface area contributed by atoms with Gasteiger partial charge in [-0.25, -0.2) is 0 Å². The number of hydrogen-bond donors (Lipinski definition) is 2. The maximum Gasteiger partial charge on any atom is 0.0729 e. The Morgan fingerprint density at radius 2 is 1.05 bits per heavy atom. The molecule has 6 rings (SSSR count). The van der Waals surface area contributed by atoms with Crippen LogP contribution in [-0.4, -0.2) is 22.4 Å². The Morgan fingerprint density at radius 1 is 0.622 bits per heavy atom. The van der Waals surface area contributed by atoms with E-state index in [4.69, 9.17) is 0 Å². The number of aliphatic imine (C=N–C) groups is 2. The zero-order chi connectivity index (χ0) is 25.2. The molecule has 0 atom stereocenters. The lowest BCUT2D eigenvalue weighted by atomic mass is 9.80. The second-order valence-electron chi connectivity index (χ2n) is 9.76. The van der Waals surface area contributed by atoms with Crippen molar-refractivity contribution in [3.8, 4) is 0 Å². The van der Waals surface area contributed by atoms with Crippen LogP contribution in [0.1, 0.15) is 47.5 Å². The van der Waals surface area contributed by atoms with Gasteiger partial charge < -0.3 is 9.97 Å². The second kappa shape index (κ2) is 9.40. The van der Waals surface area contributed by atoms with Crippen LogP contribution < -0.4 is 0 Å². The number of nitrogens with zero attached hydrogens (tertiary/aromatic N) is 2. The van der Waals surface area contributed by atoms with Crippen molar-refractivity contribution in [2.75, 3.05) is 0 Å². The third kappa shape index (κ3) is 4.27. The van der Waals surface area contributed by atoms with E-state index >= 15 is 0 Å². The lowest BCUT2D eigenvalue weighted by molar-refractivity contribution is 0.643. The standard InChI is InChI=1S/C33H28N4/c1-33(2,25-19-29(36-21-25)31(27-15-9-17-34-27)23-11-5-3-6-12-23)26-20-30(37-22-26)32(28-16-10-18-35-28)24-13-7-4-8-14-24/h3-22,36-37H,1-2H3/b31-27-,32-28?. The molecule has 0 saturated carbocycles. The predicted octanol–water partition coefficient (Wildman–Crippen LogP) is 7.47. The molecule has 4 aromatic rings. The Balaban J connectivity index is 1.38. The highest BCUT2D eigenvalue weighted by Gasteiger charge is 2.27. The van der Waals surface area contributed by atoms with Crippen LogP contribution in [0, 0.1) is 0 Å². The fourth-order valence-electron chi connectivity index (χ4n) is 4.95. The van der Waals surface area contributed by atoms with E-state index in [1.54, 1.807) is 0 Å². The molecule has 2 aliphatic rings. The van der Waals surface area contributed by atoms with Gasteiger partial charge in [0.15, 0.2) is 0 Å². The molecule has 2 N–H and O–H groups in total. The van der Waals surface area contributed by atoms with Crippen LogP contribution >= 0.6 is 0 Å². The summed E-state index contributed by atoms with van der Waals surface area (Å²) in [6.07, 6.45) is 16.0. The van der Waals surface area contributed by atoms with Crippen molar-refractivity contribution in [2.24, 2.45) is 9.98 Å². The molecule has 4 heteroatoms. The number of aromatic nitrogens is 2. The maximum atomic E-state index is 4.60. The Labute approximate surface area is 217 Å². The first-order valence-corrected chi connectivity index (χ1v) is 12.5. The first-order valence-electron chi connectivity index (χ1n) is 12.5. The third-order valence-corrected chi connectivity index (χ3v) is 7.09. The van der Waals surface area contributed by atoms with Crippen LogP contribution in [0.4, 0.5) is 0 Å². The summed E-state index contributed by atoms with van der Waals surface area (Å²) in [5.41, 5.74) is 10.7. The van der Waals surface area contributed by atoms with Gasteiger partial charge in [0.2, 0.25) is 0 Å². The zero-order valence-corrected chi connectivity index (χ0v) is 20.9. The molecule has 37 heavy (non-hydrogen) atoms. The van der Waals surface area contributed by atoms with Crippen molar-refractivity contribution in [1.82, 2.24) is 9.97 Å². The molecule has 2 aromatic heterocycles. The van der Waals surface area contributed by atoms with Gasteiger partial charge in [0.1, 0.15) is 0 Å². The summed E-state index contributed by atoms with van der Waals surface area (Å²) in [5, 5.41) is 0. The number of H-pyrrole nitrogens is 2. The molecule has 180 valence electrons. The molecule has 2 aromatic carbocycles. The van der Waals surface area contributed by atoms with E-state index in [-0.39, 0.29) is 5.41 Å². The third-order valence-electron chi connectivity index (χ3n) is 7.09. The number of aromatic amines is 2. The van der Waals surface area contributed by atoms with Gasteiger partial charge in [0.05, 0.1) is 11.4 Å². The second-order valence-corrected chi connectivity index (χ2v) is 9.76. The Kier molecular flexibility index (Phi) is 5.78. The molecule has 4 nitrogen and oxygen atoms in total. The first-order chi connectivity index (χ1) is 18.1. The lowest BCUT2D eigenvalue weighted by Gasteiger charge is -2.22. The molecule has 0 bridgehead atoms. The quantitative estimate of drug-likeness (QED) is 0.288. The SMILES string of the molecule is CC(C)(c1c[nH]c(C(=C2C=CC=N2)c2ccccc2)c1)c1c[nH]c(/C(=C2/C=CC=N2)c2ccccc2)c1. The number of allylic oxidation sites excluding steroid dienone is 4. The monoisotopic (exact) mass is 480 g/mol. The molecule has 2 aliphatic heterocycles. The largest absolute Gasteiger partial charge is 0.361 e. The number of nitrogens with one attached hydrogen (secondary N) is 2. The van der Waals surface area contributed by atoms with E-state index in [0.717, 1.165) is 45.1 Å². The molecule has 0 fully saturated rings. The van der Waals surface area contributed by atoms with Gasteiger partial charge in [0, 0.05) is 52.8 Å². The van der Waals surface area contributed by atoms with Gasteiger partial charge in [-0.3, -0.25) is 9.98 Å². The average Bonchev–Trinajstić information content (AvgIpc) is 3.75. The summed E-state index contributed by atoms with van der Waals surface area (Å²) in [5.74, 6) is 0. The fraction of sp³-hybridized carbons (Fsp3) is 0.0909. The minimum atomic E-state index is -0.230. The van der Waals surface area contributed by atoms with Crippen molar-refractivity contribution in [3.63, 3.8) is 0 Å². The van der Waals surface area contributed by atoms with E-state index in [0.29, 0.717) is 0 Å². The van der Waals surface area contributed by atoms with Crippen LogP contribution in [0.3, 0.4) is 0 Å². The van der Waals surface area contributed by atoms with Crippen molar-refractivity contribution in [2.45, 2.75) is 19.3 Å². The summed E-state index contributed by atoms with van der Waals surface area (Å²) < 4.78 is 0. The zero-order valence-electron chi connectivity index (χ0n) is 20.9. The molecule has 0 saturated heterocycles. The Bertz CT molecular complexity index is 1470. The first kappa shape index (κ1) is 22.7. The normalized spacial score (nSPS) is 17.1. The summed E-state index contributed by atoms with van der Waals surface area (Å²) >= 11 is 0. The van der Waals surface area contributed by atoms with Crippen molar-refractivity contribution < 1.29 is 0 Å². The molecule has 0 amide bonds. The Morgan fingerprint density at radius 3 is 1.43 bits per heavy atom. The van der Waals surface area contributed by atoms with E-state index in [9.17, 15) is 0 Å². The molecule has 0 aliphatic carbocycles. The fourth-order valence-corrected chi connectivity index (χ4v) is 4.95. The highest BCUT2D eigenvalue weighted by molar-refractivity contribution is 5.89. The lowest BCUT2D eigenvalue weighted by Crippen LogP contribution is -2.17. The predicted molar refractivity (Wildman–Crippen MR) is 154 cm³/mol. The van der Waals surface area contributed by atoms with Crippen molar-refractivity contribution >= 4 is 23.6 Å². The van der Waals surface area contributed by atoms with Gasteiger partial charge in [-0.05, 0) is 58.7 Å². The van der Waals surface area contributed by atoms with E-state index in [2.05, 4.69) is 119 Å². The van der Waals surface area contributed by atoms with Crippen LogP contribution in [0.2, 0.25) is 0 Å². The Hall–Kier alpha value is -4.70. The molecular weight excluding hydrogens is 452 g/mol. The molecule has 4 heterocycles. The van der Waals surface area contributed by atoms with Crippen molar-refractivity contribution in [1.29, 1.82) is 0 Å². The minimum Gasteiger partial charge on any atom is -0.361 e. The van der Waals surface area contributed by atoms with E-state index < -0.39 is 0 Å². The highest BCUT2D eigenvalue weighted by atomic mass is 14.8.